The van der Waals surface area contributed by atoms with E-state index in [9.17, 15) is 0 Å². The molecule has 0 N–H and O–H groups in total. The first-order chi connectivity index (χ1) is 34.6. The number of para-hydroxylation sites is 3. The number of hydrogen-bond donors (Lipinski definition) is 0. The zero-order valence-corrected chi connectivity index (χ0v) is 40.9. The van der Waals surface area contributed by atoms with Crippen molar-refractivity contribution in [2.75, 3.05) is 9.80 Å². The Morgan fingerprint density at radius 2 is 0.915 bits per heavy atom. The van der Waals surface area contributed by atoms with Crippen molar-refractivity contribution in [3.05, 3.63) is 281 Å². The first-order valence-corrected chi connectivity index (χ1v) is 24.9. The van der Waals surface area contributed by atoms with E-state index in [0.717, 1.165) is 56.8 Å². The van der Waals surface area contributed by atoms with Gasteiger partial charge in [-0.1, -0.05) is 180 Å². The predicted molar refractivity (Wildman–Crippen MR) is 296 cm³/mol. The molecule has 13 rings (SSSR count). The molecule has 0 aromatic heterocycles. The molecule has 0 fully saturated rings. The van der Waals surface area contributed by atoms with E-state index in [1.807, 2.05) is 6.08 Å². The minimum Gasteiger partial charge on any atom is -0.457 e. The average molecular weight is 915 g/mol. The lowest BCUT2D eigenvalue weighted by Crippen LogP contribution is -2.34. The molecule has 0 saturated heterocycles. The summed E-state index contributed by atoms with van der Waals surface area (Å²) in [6.07, 6.45) is 6.15. The highest BCUT2D eigenvalue weighted by atomic mass is 16.5. The molecular formula is C68H54N2O. The van der Waals surface area contributed by atoms with Gasteiger partial charge in [0, 0.05) is 56.0 Å². The Labute approximate surface area is 418 Å². The van der Waals surface area contributed by atoms with Crippen LogP contribution in [-0.4, -0.2) is 0 Å². The normalized spacial score (nSPS) is 16.9. The van der Waals surface area contributed by atoms with Crippen LogP contribution in [0.25, 0.3) is 27.8 Å². The number of allylic oxidation sites excluding steroid dienone is 5. The van der Waals surface area contributed by atoms with Crippen molar-refractivity contribution in [2.45, 2.75) is 50.9 Å². The van der Waals surface area contributed by atoms with E-state index < -0.39 is 5.41 Å². The Morgan fingerprint density at radius 3 is 1.62 bits per heavy atom. The van der Waals surface area contributed by atoms with E-state index in [2.05, 4.69) is 269 Å². The average Bonchev–Trinajstić information content (AvgIpc) is 3.91. The van der Waals surface area contributed by atoms with E-state index in [-0.39, 0.29) is 10.8 Å². The number of benzene rings is 9. The van der Waals surface area contributed by atoms with Gasteiger partial charge in [0.2, 0.25) is 0 Å². The van der Waals surface area contributed by atoms with Crippen LogP contribution in [-0.2, 0) is 16.2 Å². The summed E-state index contributed by atoms with van der Waals surface area (Å²) in [5.74, 6) is 1.70. The maximum atomic E-state index is 7.11. The summed E-state index contributed by atoms with van der Waals surface area (Å²) >= 11 is 0. The monoisotopic (exact) mass is 914 g/mol. The van der Waals surface area contributed by atoms with Crippen LogP contribution in [0.3, 0.4) is 0 Å². The van der Waals surface area contributed by atoms with Crippen LogP contribution in [0.15, 0.2) is 237 Å². The minimum atomic E-state index is -0.780. The summed E-state index contributed by atoms with van der Waals surface area (Å²) in [5.41, 5.74) is 23.1. The van der Waals surface area contributed by atoms with E-state index in [0.29, 0.717) is 0 Å². The molecule has 0 saturated carbocycles. The number of hydrogen-bond acceptors (Lipinski definition) is 3. The van der Waals surface area contributed by atoms with Crippen molar-refractivity contribution in [3.63, 3.8) is 0 Å². The molecular weight excluding hydrogens is 861 g/mol. The molecule has 1 unspecified atom stereocenters. The maximum absolute atomic E-state index is 7.11. The molecule has 71 heavy (non-hydrogen) atoms. The Kier molecular flexibility index (Phi) is 9.51. The third-order valence-electron chi connectivity index (χ3n) is 16.1. The molecule has 0 bridgehead atoms. The molecule has 9 aromatic rings. The third-order valence-corrected chi connectivity index (χ3v) is 16.1. The summed E-state index contributed by atoms with van der Waals surface area (Å²) in [4.78, 5) is 4.93. The second kappa shape index (κ2) is 15.8. The second-order valence-electron chi connectivity index (χ2n) is 20.5. The molecule has 9 aromatic carbocycles. The lowest BCUT2D eigenvalue weighted by atomic mass is 9.65. The summed E-state index contributed by atoms with van der Waals surface area (Å²) in [5, 5.41) is 0. The van der Waals surface area contributed by atoms with Crippen molar-refractivity contribution >= 4 is 39.7 Å². The standard InChI is InChI=1S/C68H54N2O/c1-7-8-29-55-44(2)50-38-35-47(41-59(50)66(55,3)4)69(45-22-11-9-12-23-45)48-37-40-64-61(43-48)68(58-32-19-20-34-63(58)71-64)57-31-18-16-27-52(57)54-28-21-33-62(65(54)68)70(46-24-13-10-14-25-46)49-36-39-53-51-26-15-17-30-56(51)67(5,6)60(53)42-49/h7-43H,1H2,2-6H3/b29-8-. The first-order valence-electron chi connectivity index (χ1n) is 24.9. The van der Waals surface area contributed by atoms with Crippen LogP contribution in [0.1, 0.15) is 79.1 Å². The smallest absolute Gasteiger partial charge is 0.132 e. The molecule has 1 aliphatic heterocycles. The van der Waals surface area contributed by atoms with Gasteiger partial charge in [-0.25, -0.2) is 0 Å². The van der Waals surface area contributed by atoms with Gasteiger partial charge in [-0.15, -0.1) is 0 Å². The fourth-order valence-electron chi connectivity index (χ4n) is 12.9. The van der Waals surface area contributed by atoms with Crippen LogP contribution in [0.4, 0.5) is 34.1 Å². The van der Waals surface area contributed by atoms with Crippen LogP contribution >= 0.6 is 0 Å². The highest BCUT2D eigenvalue weighted by Gasteiger charge is 2.53. The molecule has 3 nitrogen and oxygen atoms in total. The molecule has 1 atom stereocenters. The van der Waals surface area contributed by atoms with Gasteiger partial charge in [-0.05, 0) is 147 Å². The van der Waals surface area contributed by atoms with E-state index >= 15 is 0 Å². The van der Waals surface area contributed by atoms with Crippen LogP contribution in [0.2, 0.25) is 0 Å². The van der Waals surface area contributed by atoms with Crippen molar-refractivity contribution < 1.29 is 4.74 Å². The minimum absolute atomic E-state index is 0.172. The molecule has 1 spiro atoms. The maximum Gasteiger partial charge on any atom is 0.132 e. The van der Waals surface area contributed by atoms with Crippen molar-refractivity contribution in [1.82, 2.24) is 0 Å². The zero-order chi connectivity index (χ0) is 48.2. The molecule has 4 aliphatic rings. The number of fused-ring (bicyclic) bond motifs is 13. The Balaban J connectivity index is 1.07. The number of anilines is 6. The fourth-order valence-corrected chi connectivity index (χ4v) is 12.9. The number of nitrogens with zero attached hydrogens (tertiary/aromatic N) is 2. The predicted octanol–water partition coefficient (Wildman–Crippen LogP) is 18.2. The summed E-state index contributed by atoms with van der Waals surface area (Å²) < 4.78 is 7.11. The van der Waals surface area contributed by atoms with Crippen molar-refractivity contribution in [3.8, 4) is 33.8 Å². The van der Waals surface area contributed by atoms with E-state index in [1.54, 1.807) is 0 Å². The number of ether oxygens (including phenoxy) is 1. The molecule has 1 heterocycles. The lowest BCUT2D eigenvalue weighted by Gasteiger charge is -2.42. The van der Waals surface area contributed by atoms with Crippen LogP contribution in [0.5, 0.6) is 11.5 Å². The van der Waals surface area contributed by atoms with Gasteiger partial charge in [0.05, 0.1) is 11.1 Å². The molecule has 3 aliphatic carbocycles. The highest BCUT2D eigenvalue weighted by Crippen LogP contribution is 2.66. The van der Waals surface area contributed by atoms with Gasteiger partial charge in [0.15, 0.2) is 0 Å². The van der Waals surface area contributed by atoms with Crippen LogP contribution < -0.4 is 14.5 Å². The molecule has 3 heteroatoms. The van der Waals surface area contributed by atoms with Crippen molar-refractivity contribution in [1.29, 1.82) is 0 Å². The van der Waals surface area contributed by atoms with Gasteiger partial charge in [0.25, 0.3) is 0 Å². The summed E-state index contributed by atoms with van der Waals surface area (Å²) in [7, 11) is 0. The first kappa shape index (κ1) is 42.7. The fraction of sp³-hybridized carbons (Fsp3) is 0.118. The Hall–Kier alpha value is -8.40. The van der Waals surface area contributed by atoms with Crippen LogP contribution in [0, 0.1) is 0 Å². The van der Waals surface area contributed by atoms with E-state index in [1.165, 1.54) is 66.8 Å². The topological polar surface area (TPSA) is 15.7 Å². The summed E-state index contributed by atoms with van der Waals surface area (Å²) in [6, 6.07) is 76.3. The largest absolute Gasteiger partial charge is 0.457 e. The third kappa shape index (κ3) is 6.09. The SMILES string of the molecule is C=C/C=C\C1=C(C)c2ccc(N(c3ccccc3)c3ccc4c(c3)C3(c5ccccc5O4)c4ccccc4-c4cccc(N(c5ccccc5)c5ccc6c(c5)C(C)(C)c5ccccc5-6)c43)cc2C1(C)C. The number of rotatable bonds is 8. The van der Waals surface area contributed by atoms with Gasteiger partial charge < -0.3 is 14.5 Å². The molecule has 0 radical (unpaired) electrons. The molecule has 0 amide bonds. The summed E-state index contributed by atoms with van der Waals surface area (Å²) in [6.45, 7) is 15.6. The lowest BCUT2D eigenvalue weighted by molar-refractivity contribution is 0.436. The Bertz CT molecular complexity index is 3720. The molecule has 342 valence electrons. The van der Waals surface area contributed by atoms with Gasteiger partial charge in [-0.2, -0.15) is 0 Å². The zero-order valence-electron chi connectivity index (χ0n) is 40.9. The van der Waals surface area contributed by atoms with Gasteiger partial charge in [0.1, 0.15) is 11.5 Å². The second-order valence-corrected chi connectivity index (χ2v) is 20.5. The van der Waals surface area contributed by atoms with Gasteiger partial charge >= 0.3 is 0 Å². The Morgan fingerprint density at radius 1 is 0.408 bits per heavy atom. The van der Waals surface area contributed by atoms with Gasteiger partial charge in [-0.3, -0.25) is 0 Å². The van der Waals surface area contributed by atoms with E-state index in [4.69, 9.17) is 4.74 Å². The highest BCUT2D eigenvalue weighted by molar-refractivity contribution is 5.97. The van der Waals surface area contributed by atoms with Crippen molar-refractivity contribution in [2.24, 2.45) is 0 Å². The quantitative estimate of drug-likeness (QED) is 0.141.